The van der Waals surface area contributed by atoms with Gasteiger partial charge in [0, 0.05) is 46.3 Å². The highest BCUT2D eigenvalue weighted by atomic mass is 32.2. The first-order chi connectivity index (χ1) is 15.1. The minimum atomic E-state index is -1.08. The molecule has 1 amide bonds. The number of morpholine rings is 1. The third-order valence-corrected chi connectivity index (χ3v) is 6.65. The third-order valence-electron chi connectivity index (χ3n) is 5.34. The Balaban J connectivity index is 1.51. The lowest BCUT2D eigenvalue weighted by molar-refractivity contribution is 0.120. The van der Waals surface area contributed by atoms with Gasteiger partial charge in [0.1, 0.15) is 5.76 Å². The van der Waals surface area contributed by atoms with Crippen LogP contribution in [0.1, 0.15) is 11.1 Å². The van der Waals surface area contributed by atoms with Gasteiger partial charge in [-0.05, 0) is 35.7 Å². The van der Waals surface area contributed by atoms with Gasteiger partial charge in [0.05, 0.1) is 13.2 Å². The maximum Gasteiger partial charge on any atom is 0.409 e. The van der Waals surface area contributed by atoms with Crippen molar-refractivity contribution >= 4 is 29.4 Å². The number of ether oxygens (including phenoxy) is 1. The number of nitrogens with one attached hydrogen (secondary N) is 1. The van der Waals surface area contributed by atoms with Crippen LogP contribution in [0, 0.1) is 0 Å². The summed E-state index contributed by atoms with van der Waals surface area (Å²) >= 11 is 1.61. The second kappa shape index (κ2) is 8.13. The van der Waals surface area contributed by atoms with Crippen molar-refractivity contribution in [2.45, 2.75) is 16.2 Å². The Morgan fingerprint density at radius 1 is 1.06 bits per heavy atom. The van der Waals surface area contributed by atoms with Crippen molar-refractivity contribution in [2.24, 2.45) is 0 Å². The smallest absolute Gasteiger partial charge is 0.409 e. The lowest BCUT2D eigenvalue weighted by Crippen LogP contribution is -2.36. The van der Waals surface area contributed by atoms with Crippen molar-refractivity contribution in [1.29, 1.82) is 0 Å². The van der Waals surface area contributed by atoms with Gasteiger partial charge >= 0.3 is 6.09 Å². The number of carbonyl (C=O) groups is 1. The number of rotatable bonds is 3. The van der Waals surface area contributed by atoms with Crippen LogP contribution in [0.2, 0.25) is 0 Å². The average Bonchev–Trinajstić information content (AvgIpc) is 2.77. The van der Waals surface area contributed by atoms with Crippen molar-refractivity contribution in [3.05, 3.63) is 69.9 Å². The summed E-state index contributed by atoms with van der Waals surface area (Å²) in [7, 11) is 0. The molecule has 0 aliphatic carbocycles. The summed E-state index contributed by atoms with van der Waals surface area (Å²) < 4.78 is 11.6. The zero-order valence-corrected chi connectivity index (χ0v) is 17.4. The van der Waals surface area contributed by atoms with E-state index in [2.05, 4.69) is 11.4 Å². The monoisotopic (exact) mass is 436 g/mol. The molecule has 8 heteroatoms. The number of benzene rings is 2. The van der Waals surface area contributed by atoms with Crippen LogP contribution in [0.25, 0.3) is 11.3 Å². The zero-order valence-electron chi connectivity index (χ0n) is 16.6. The number of anilines is 2. The Morgan fingerprint density at radius 3 is 2.71 bits per heavy atom. The molecule has 31 heavy (non-hydrogen) atoms. The first-order valence-electron chi connectivity index (χ1n) is 9.98. The van der Waals surface area contributed by atoms with Crippen molar-refractivity contribution in [3.63, 3.8) is 0 Å². The zero-order chi connectivity index (χ0) is 21.4. The van der Waals surface area contributed by atoms with Gasteiger partial charge in [-0.2, -0.15) is 0 Å². The summed E-state index contributed by atoms with van der Waals surface area (Å²) in [6.45, 7) is 2.60. The van der Waals surface area contributed by atoms with Gasteiger partial charge < -0.3 is 19.2 Å². The van der Waals surface area contributed by atoms with E-state index in [1.54, 1.807) is 17.8 Å². The fourth-order valence-electron chi connectivity index (χ4n) is 3.91. The van der Waals surface area contributed by atoms with Gasteiger partial charge in [0.25, 0.3) is 0 Å². The molecule has 158 valence electrons. The largest absolute Gasteiger partial charge is 0.465 e. The van der Waals surface area contributed by atoms with Gasteiger partial charge in [-0.3, -0.25) is 10.1 Å². The quantitative estimate of drug-likeness (QED) is 0.495. The lowest BCUT2D eigenvalue weighted by atomic mass is 10.00. The number of hydrogen-bond acceptors (Lipinski definition) is 6. The van der Waals surface area contributed by atoms with E-state index in [-0.39, 0.29) is 5.43 Å². The molecule has 1 aromatic heterocycles. The minimum Gasteiger partial charge on any atom is -0.465 e. The summed E-state index contributed by atoms with van der Waals surface area (Å²) in [6, 6.07) is 14.6. The Bertz CT molecular complexity index is 1220. The van der Waals surface area contributed by atoms with Crippen molar-refractivity contribution in [2.75, 3.05) is 36.5 Å². The molecule has 0 unspecified atom stereocenters. The molecule has 5 rings (SSSR count). The molecule has 0 radical (unpaired) electrons. The average molecular weight is 436 g/mol. The van der Waals surface area contributed by atoms with E-state index >= 15 is 0 Å². The predicted molar refractivity (Wildman–Crippen MR) is 118 cm³/mol. The Morgan fingerprint density at radius 2 is 1.90 bits per heavy atom. The Kier molecular flexibility index (Phi) is 5.17. The second-order valence-electron chi connectivity index (χ2n) is 7.42. The van der Waals surface area contributed by atoms with Gasteiger partial charge in [0.15, 0.2) is 11.3 Å². The summed E-state index contributed by atoms with van der Waals surface area (Å²) in [4.78, 5) is 27.5. The van der Waals surface area contributed by atoms with E-state index < -0.39 is 6.09 Å². The van der Waals surface area contributed by atoms with Crippen LogP contribution in [-0.2, 0) is 11.2 Å². The summed E-state index contributed by atoms with van der Waals surface area (Å²) in [5.41, 5.74) is 3.51. The van der Waals surface area contributed by atoms with Gasteiger partial charge in [-0.15, -0.1) is 0 Å². The topological polar surface area (TPSA) is 92.0 Å². The fraction of sp³-hybridized carbons (Fsp3) is 0.217. The molecule has 0 spiro atoms. The normalized spacial score (nSPS) is 15.2. The van der Waals surface area contributed by atoms with Crippen molar-refractivity contribution in [1.82, 2.24) is 0 Å². The predicted octanol–water partition coefficient (Wildman–Crippen LogP) is 4.29. The summed E-state index contributed by atoms with van der Waals surface area (Å²) in [5.74, 6) is 1.11. The number of carboxylic acid groups (broad SMARTS) is 1. The van der Waals surface area contributed by atoms with Crippen LogP contribution in [-0.4, -0.2) is 37.5 Å². The van der Waals surface area contributed by atoms with Crippen molar-refractivity contribution in [3.8, 4) is 11.3 Å². The van der Waals surface area contributed by atoms with Crippen molar-refractivity contribution < 1.29 is 19.1 Å². The van der Waals surface area contributed by atoms with Crippen LogP contribution < -0.4 is 15.6 Å². The first kappa shape index (κ1) is 19.7. The molecule has 2 N–H and O–H groups in total. The SMILES string of the molecule is O=C(O)Nc1ccc2c(c1)Cc1cccc(-c3cc(=O)cc(N4CCOCC4)o3)c1S2. The highest BCUT2D eigenvalue weighted by Crippen LogP contribution is 2.45. The van der Waals surface area contributed by atoms with Crippen LogP contribution in [0.4, 0.5) is 16.4 Å². The molecule has 0 atom stereocenters. The maximum absolute atomic E-state index is 12.4. The molecule has 2 aromatic carbocycles. The molecular weight excluding hydrogens is 416 g/mol. The van der Waals surface area contributed by atoms with Crippen LogP contribution in [0.5, 0.6) is 0 Å². The van der Waals surface area contributed by atoms with E-state index in [0.29, 0.717) is 50.1 Å². The number of fused-ring (bicyclic) bond motifs is 2. The molecule has 0 bridgehead atoms. The highest BCUT2D eigenvalue weighted by Gasteiger charge is 2.22. The van der Waals surface area contributed by atoms with Crippen LogP contribution in [0.3, 0.4) is 0 Å². The maximum atomic E-state index is 12.4. The van der Waals surface area contributed by atoms with Gasteiger partial charge in [0.2, 0.25) is 0 Å². The molecule has 0 saturated carbocycles. The highest BCUT2D eigenvalue weighted by molar-refractivity contribution is 7.99. The molecular formula is C23H20N2O5S. The molecule has 2 aliphatic rings. The second-order valence-corrected chi connectivity index (χ2v) is 8.47. The van der Waals surface area contributed by atoms with E-state index in [4.69, 9.17) is 14.3 Å². The lowest BCUT2D eigenvalue weighted by Gasteiger charge is -2.27. The van der Waals surface area contributed by atoms with Crippen LogP contribution >= 0.6 is 11.8 Å². The molecule has 7 nitrogen and oxygen atoms in total. The van der Waals surface area contributed by atoms with E-state index in [1.165, 1.54) is 12.1 Å². The third kappa shape index (κ3) is 4.04. The molecule has 3 heterocycles. The van der Waals surface area contributed by atoms with E-state index in [0.717, 1.165) is 26.5 Å². The Hall–Kier alpha value is -3.23. The molecule has 3 aromatic rings. The Labute approximate surface area is 182 Å². The molecule has 2 aliphatic heterocycles. The van der Waals surface area contributed by atoms with E-state index in [9.17, 15) is 9.59 Å². The summed E-state index contributed by atoms with van der Waals surface area (Å²) in [5, 5.41) is 11.4. The molecule has 1 saturated heterocycles. The minimum absolute atomic E-state index is 0.0917. The molecule has 1 fully saturated rings. The standard InChI is InChI=1S/C23H20N2O5S/c26-17-12-19(30-21(13-17)25-6-8-29-9-7-25)18-3-1-2-14-10-15-11-16(24-23(27)28)4-5-20(15)31-22(14)18/h1-5,11-13,24H,6-10H2,(H,27,28). The number of amides is 1. The van der Waals surface area contributed by atoms with E-state index in [1.807, 2.05) is 29.2 Å². The van der Waals surface area contributed by atoms with Crippen LogP contribution in [0.15, 0.2) is 67.5 Å². The van der Waals surface area contributed by atoms with Gasteiger partial charge in [-0.25, -0.2) is 4.79 Å². The number of hydrogen-bond donors (Lipinski definition) is 2. The number of nitrogens with zero attached hydrogens (tertiary/aromatic N) is 1. The summed E-state index contributed by atoms with van der Waals surface area (Å²) in [6.07, 6.45) is -0.408. The fourth-order valence-corrected chi connectivity index (χ4v) is 5.08. The first-order valence-corrected chi connectivity index (χ1v) is 10.8. The van der Waals surface area contributed by atoms with Gasteiger partial charge in [-0.1, -0.05) is 30.0 Å².